The second-order valence-electron chi connectivity index (χ2n) is 4.44. The molecule has 0 spiro atoms. The normalized spacial score (nSPS) is 10.4. The average molecular weight is 296 g/mol. The number of benzene rings is 1. The summed E-state index contributed by atoms with van der Waals surface area (Å²) in [6, 6.07) is 6.69. The molecule has 0 radical (unpaired) electrons. The minimum Gasteiger partial charge on any atom is -0.495 e. The first-order chi connectivity index (χ1) is 10.7. The lowest BCUT2D eigenvalue weighted by Gasteiger charge is -2.07. The van der Waals surface area contributed by atoms with E-state index in [9.17, 15) is 9.59 Å². The molecule has 7 heteroatoms. The second kappa shape index (κ2) is 5.65. The van der Waals surface area contributed by atoms with E-state index in [-0.39, 0.29) is 16.9 Å². The minimum absolute atomic E-state index is 0.0202. The molecule has 0 aliphatic heterocycles. The number of fused-ring (bicyclic) bond motifs is 1. The summed E-state index contributed by atoms with van der Waals surface area (Å²) in [5, 5.41) is 2.86. The van der Waals surface area contributed by atoms with Crippen LogP contribution in [0, 0.1) is 0 Å². The molecule has 3 rings (SSSR count). The first-order valence-electron chi connectivity index (χ1n) is 6.47. The second-order valence-corrected chi connectivity index (χ2v) is 4.44. The molecule has 0 aliphatic rings. The lowest BCUT2D eigenvalue weighted by molar-refractivity contribution is 0.102. The summed E-state index contributed by atoms with van der Waals surface area (Å²) in [6.07, 6.45) is 4.35. The van der Waals surface area contributed by atoms with E-state index in [2.05, 4.69) is 20.3 Å². The quantitative estimate of drug-likeness (QED) is 0.764. The van der Waals surface area contributed by atoms with Crippen molar-refractivity contribution in [2.45, 2.75) is 0 Å². The number of hydrogen-bond acceptors (Lipinski definition) is 5. The molecule has 2 aromatic heterocycles. The molecule has 0 aliphatic carbocycles. The number of aromatic nitrogens is 3. The van der Waals surface area contributed by atoms with Crippen molar-refractivity contribution in [1.82, 2.24) is 15.0 Å². The topological polar surface area (TPSA) is 97.0 Å². The van der Waals surface area contributed by atoms with Gasteiger partial charge in [-0.25, -0.2) is 9.97 Å². The smallest absolute Gasteiger partial charge is 0.263 e. The SMILES string of the molecule is COc1cccc2c(=O)c(C(=O)Nc3ncccn3)c[nH]c12. The molecular formula is C15H12N4O3. The molecular weight excluding hydrogens is 284 g/mol. The highest BCUT2D eigenvalue weighted by atomic mass is 16.5. The van der Waals surface area contributed by atoms with E-state index in [1.807, 2.05) is 0 Å². The third-order valence-electron chi connectivity index (χ3n) is 3.13. The maximum absolute atomic E-state index is 12.5. The summed E-state index contributed by atoms with van der Waals surface area (Å²) in [7, 11) is 1.51. The van der Waals surface area contributed by atoms with Gasteiger partial charge in [-0.15, -0.1) is 0 Å². The van der Waals surface area contributed by atoms with E-state index in [0.717, 1.165) is 0 Å². The summed E-state index contributed by atoms with van der Waals surface area (Å²) in [5.74, 6) is 0.0998. The fraction of sp³-hybridized carbons (Fsp3) is 0.0667. The number of nitrogens with one attached hydrogen (secondary N) is 2. The summed E-state index contributed by atoms with van der Waals surface area (Å²) >= 11 is 0. The van der Waals surface area contributed by atoms with Gasteiger partial charge in [0, 0.05) is 18.6 Å². The summed E-state index contributed by atoms with van der Waals surface area (Å²) in [6.45, 7) is 0. The molecule has 110 valence electrons. The van der Waals surface area contributed by atoms with Gasteiger partial charge in [0.05, 0.1) is 18.0 Å². The van der Waals surface area contributed by atoms with Crippen molar-refractivity contribution in [3.63, 3.8) is 0 Å². The van der Waals surface area contributed by atoms with Gasteiger partial charge in [-0.3, -0.25) is 14.9 Å². The Morgan fingerprint density at radius 1 is 1.23 bits per heavy atom. The number of pyridine rings is 1. The van der Waals surface area contributed by atoms with E-state index in [1.54, 1.807) is 24.3 Å². The van der Waals surface area contributed by atoms with Crippen LogP contribution in [0.5, 0.6) is 5.75 Å². The van der Waals surface area contributed by atoms with Gasteiger partial charge in [0.2, 0.25) is 11.4 Å². The maximum Gasteiger partial charge on any atom is 0.263 e. The highest BCUT2D eigenvalue weighted by molar-refractivity contribution is 6.05. The number of nitrogens with zero attached hydrogens (tertiary/aromatic N) is 2. The lowest BCUT2D eigenvalue weighted by Crippen LogP contribution is -2.22. The highest BCUT2D eigenvalue weighted by Gasteiger charge is 2.15. The van der Waals surface area contributed by atoms with Crippen molar-refractivity contribution in [2.24, 2.45) is 0 Å². The molecule has 1 aromatic carbocycles. The van der Waals surface area contributed by atoms with Gasteiger partial charge in [0.15, 0.2) is 0 Å². The molecule has 0 saturated carbocycles. The summed E-state index contributed by atoms with van der Waals surface area (Å²) in [5.41, 5.74) is 0.136. The van der Waals surface area contributed by atoms with Crippen molar-refractivity contribution in [1.29, 1.82) is 0 Å². The highest BCUT2D eigenvalue weighted by Crippen LogP contribution is 2.20. The predicted molar refractivity (Wildman–Crippen MR) is 81.1 cm³/mol. The number of ether oxygens (including phenoxy) is 1. The van der Waals surface area contributed by atoms with Gasteiger partial charge in [-0.2, -0.15) is 0 Å². The molecule has 0 fully saturated rings. The number of H-pyrrole nitrogens is 1. The van der Waals surface area contributed by atoms with Gasteiger partial charge in [0.25, 0.3) is 5.91 Å². The molecule has 0 unspecified atom stereocenters. The first kappa shape index (κ1) is 13.7. The third-order valence-corrected chi connectivity index (χ3v) is 3.13. The van der Waals surface area contributed by atoms with Crippen LogP contribution in [0.25, 0.3) is 10.9 Å². The number of hydrogen-bond donors (Lipinski definition) is 2. The zero-order valence-electron chi connectivity index (χ0n) is 11.7. The van der Waals surface area contributed by atoms with E-state index < -0.39 is 5.91 Å². The lowest BCUT2D eigenvalue weighted by atomic mass is 10.1. The van der Waals surface area contributed by atoms with E-state index in [4.69, 9.17) is 4.74 Å². The molecule has 7 nitrogen and oxygen atoms in total. The largest absolute Gasteiger partial charge is 0.495 e. The molecule has 3 aromatic rings. The average Bonchev–Trinajstić information content (AvgIpc) is 2.55. The standard InChI is InChI=1S/C15H12N4O3/c1-22-11-5-2-4-9-12(11)18-8-10(13(9)20)14(21)19-15-16-6-3-7-17-15/h2-8H,1H3,(H,18,20)(H,16,17,19,21). The molecule has 1 amide bonds. The van der Waals surface area contributed by atoms with Crippen LogP contribution in [0.4, 0.5) is 5.95 Å². The van der Waals surface area contributed by atoms with Gasteiger partial charge >= 0.3 is 0 Å². The minimum atomic E-state index is -0.572. The van der Waals surface area contributed by atoms with Crippen LogP contribution in [0.1, 0.15) is 10.4 Å². The van der Waals surface area contributed by atoms with Crippen LogP contribution in [-0.4, -0.2) is 28.0 Å². The number of amides is 1. The maximum atomic E-state index is 12.5. The fourth-order valence-corrected chi connectivity index (χ4v) is 2.10. The van der Waals surface area contributed by atoms with Crippen LogP contribution in [0.2, 0.25) is 0 Å². The van der Waals surface area contributed by atoms with Crippen molar-refractivity contribution in [3.05, 3.63) is 58.6 Å². The number of methoxy groups -OCH3 is 1. The Labute approximate surface area is 125 Å². The number of para-hydroxylation sites is 1. The van der Waals surface area contributed by atoms with Crippen LogP contribution < -0.4 is 15.5 Å². The Hall–Kier alpha value is -3.22. The fourth-order valence-electron chi connectivity index (χ4n) is 2.10. The van der Waals surface area contributed by atoms with E-state index >= 15 is 0 Å². The Morgan fingerprint density at radius 3 is 2.73 bits per heavy atom. The van der Waals surface area contributed by atoms with E-state index in [0.29, 0.717) is 16.7 Å². The molecule has 0 atom stereocenters. The number of rotatable bonds is 3. The van der Waals surface area contributed by atoms with Gasteiger partial charge in [-0.05, 0) is 18.2 Å². The molecule has 2 heterocycles. The zero-order valence-corrected chi connectivity index (χ0v) is 11.7. The molecule has 2 N–H and O–H groups in total. The molecule has 0 saturated heterocycles. The van der Waals surface area contributed by atoms with Crippen molar-refractivity contribution in [2.75, 3.05) is 12.4 Å². The Kier molecular flexibility index (Phi) is 3.53. The number of aromatic amines is 1. The third kappa shape index (κ3) is 2.39. The van der Waals surface area contributed by atoms with Gasteiger partial charge in [0.1, 0.15) is 11.3 Å². The Bertz CT molecular complexity index is 890. The monoisotopic (exact) mass is 296 g/mol. The zero-order chi connectivity index (χ0) is 15.5. The van der Waals surface area contributed by atoms with E-state index in [1.165, 1.54) is 25.7 Å². The van der Waals surface area contributed by atoms with Crippen LogP contribution in [0.3, 0.4) is 0 Å². The van der Waals surface area contributed by atoms with Gasteiger partial charge in [-0.1, -0.05) is 6.07 Å². The van der Waals surface area contributed by atoms with Gasteiger partial charge < -0.3 is 9.72 Å². The predicted octanol–water partition coefficient (Wildman–Crippen LogP) is 1.58. The molecule has 22 heavy (non-hydrogen) atoms. The Balaban J connectivity index is 2.03. The molecule has 0 bridgehead atoms. The number of anilines is 1. The first-order valence-corrected chi connectivity index (χ1v) is 6.47. The van der Waals surface area contributed by atoms with Crippen molar-refractivity contribution in [3.8, 4) is 5.75 Å². The Morgan fingerprint density at radius 2 is 2.00 bits per heavy atom. The van der Waals surface area contributed by atoms with Crippen molar-refractivity contribution >= 4 is 22.8 Å². The van der Waals surface area contributed by atoms with Crippen LogP contribution in [0.15, 0.2) is 47.7 Å². The number of carbonyl (C=O) groups is 1. The van der Waals surface area contributed by atoms with Crippen LogP contribution in [-0.2, 0) is 0 Å². The number of carbonyl (C=O) groups excluding carboxylic acids is 1. The summed E-state index contributed by atoms with van der Waals surface area (Å²) in [4.78, 5) is 35.3. The van der Waals surface area contributed by atoms with Crippen LogP contribution >= 0.6 is 0 Å². The van der Waals surface area contributed by atoms with Crippen molar-refractivity contribution < 1.29 is 9.53 Å². The summed E-state index contributed by atoms with van der Waals surface area (Å²) < 4.78 is 5.19.